The average Bonchev–Trinajstić information content (AvgIpc) is 2.27. The largest absolute Gasteiger partial charge is 0.478 e. The molecule has 0 heterocycles. The van der Waals surface area contributed by atoms with Crippen molar-refractivity contribution in [1.29, 1.82) is 0 Å². The van der Waals surface area contributed by atoms with Crippen LogP contribution in [0.15, 0.2) is 18.2 Å². The van der Waals surface area contributed by atoms with Gasteiger partial charge in [0.15, 0.2) is 5.78 Å². The number of hydrogen-bond acceptors (Lipinski definition) is 2. The molecule has 0 bridgehead atoms. The fraction of sp³-hybridized carbons (Fsp3) is 0.273. The van der Waals surface area contributed by atoms with Crippen LogP contribution in [0, 0.1) is 0 Å². The highest BCUT2D eigenvalue weighted by molar-refractivity contribution is 9.09. The molecule has 0 fully saturated rings. The van der Waals surface area contributed by atoms with Crippen LogP contribution in [0.2, 0.25) is 0 Å². The predicted octanol–water partition coefficient (Wildman–Crippen LogP) is 2.52. The molecule has 0 atom stereocenters. The maximum Gasteiger partial charge on any atom is 0.335 e. The van der Waals surface area contributed by atoms with E-state index in [4.69, 9.17) is 5.11 Å². The van der Waals surface area contributed by atoms with E-state index in [9.17, 15) is 9.59 Å². The number of rotatable bonds is 4. The molecule has 1 N–H and O–H groups in total. The standard InChI is InChI=1S/C11H11BrO3/c1-2-7-5-8(11(14)15)3-4-9(7)10(13)6-12/h3-5H,2,6H2,1H3,(H,14,15). The van der Waals surface area contributed by atoms with E-state index in [2.05, 4.69) is 15.9 Å². The Bertz CT molecular complexity index is 399. The van der Waals surface area contributed by atoms with Crippen LogP contribution in [-0.4, -0.2) is 22.2 Å². The number of aromatic carboxylic acids is 1. The lowest BCUT2D eigenvalue weighted by atomic mass is 9.99. The summed E-state index contributed by atoms with van der Waals surface area (Å²) >= 11 is 3.10. The van der Waals surface area contributed by atoms with Crippen molar-refractivity contribution in [2.75, 3.05) is 5.33 Å². The number of aryl methyl sites for hydroxylation is 1. The first-order chi connectivity index (χ1) is 7.10. The number of alkyl halides is 1. The third-order valence-electron chi connectivity index (χ3n) is 2.15. The highest BCUT2D eigenvalue weighted by Crippen LogP contribution is 2.14. The van der Waals surface area contributed by atoms with Crippen molar-refractivity contribution in [3.63, 3.8) is 0 Å². The van der Waals surface area contributed by atoms with Gasteiger partial charge in [0.1, 0.15) is 0 Å². The minimum Gasteiger partial charge on any atom is -0.478 e. The quantitative estimate of drug-likeness (QED) is 0.676. The average molecular weight is 271 g/mol. The second-order valence-corrected chi connectivity index (χ2v) is 3.65. The predicted molar refractivity (Wildman–Crippen MR) is 60.9 cm³/mol. The number of ketones is 1. The SMILES string of the molecule is CCc1cc(C(=O)O)ccc1C(=O)CBr. The van der Waals surface area contributed by atoms with Crippen molar-refractivity contribution in [3.05, 3.63) is 34.9 Å². The molecule has 0 aliphatic rings. The molecule has 0 aromatic heterocycles. The van der Waals surface area contributed by atoms with E-state index in [0.29, 0.717) is 12.0 Å². The zero-order valence-corrected chi connectivity index (χ0v) is 9.87. The van der Waals surface area contributed by atoms with Gasteiger partial charge in [0.05, 0.1) is 10.9 Å². The third-order valence-corrected chi connectivity index (χ3v) is 2.66. The first kappa shape index (κ1) is 11.9. The van der Waals surface area contributed by atoms with Crippen LogP contribution >= 0.6 is 15.9 Å². The molecular weight excluding hydrogens is 260 g/mol. The normalized spacial score (nSPS) is 10.0. The molecule has 0 radical (unpaired) electrons. The Morgan fingerprint density at radius 1 is 1.40 bits per heavy atom. The maximum atomic E-state index is 11.5. The molecule has 15 heavy (non-hydrogen) atoms. The summed E-state index contributed by atoms with van der Waals surface area (Å²) in [6.07, 6.45) is 0.648. The van der Waals surface area contributed by atoms with Crippen molar-refractivity contribution in [2.45, 2.75) is 13.3 Å². The van der Waals surface area contributed by atoms with Gasteiger partial charge in [-0.25, -0.2) is 4.79 Å². The number of carboxylic acid groups (broad SMARTS) is 1. The smallest absolute Gasteiger partial charge is 0.335 e. The highest BCUT2D eigenvalue weighted by atomic mass is 79.9. The van der Waals surface area contributed by atoms with Gasteiger partial charge in [-0.1, -0.05) is 28.9 Å². The number of benzene rings is 1. The number of halogens is 1. The Morgan fingerprint density at radius 2 is 2.07 bits per heavy atom. The lowest BCUT2D eigenvalue weighted by molar-refractivity contribution is 0.0696. The van der Waals surface area contributed by atoms with Crippen LogP contribution in [0.3, 0.4) is 0 Å². The Kier molecular flexibility index (Phi) is 4.03. The van der Waals surface area contributed by atoms with E-state index in [1.54, 1.807) is 12.1 Å². The van der Waals surface area contributed by atoms with E-state index < -0.39 is 5.97 Å². The lowest BCUT2D eigenvalue weighted by Gasteiger charge is -2.06. The number of carboxylic acids is 1. The van der Waals surface area contributed by atoms with Crippen LogP contribution in [0.4, 0.5) is 0 Å². The minimum absolute atomic E-state index is 0.0243. The van der Waals surface area contributed by atoms with Crippen LogP contribution in [-0.2, 0) is 6.42 Å². The maximum absolute atomic E-state index is 11.5. The Balaban J connectivity index is 3.20. The number of hydrogen-bond donors (Lipinski definition) is 1. The second kappa shape index (κ2) is 5.07. The van der Waals surface area contributed by atoms with Gasteiger partial charge < -0.3 is 5.11 Å². The van der Waals surface area contributed by atoms with Crippen molar-refractivity contribution in [1.82, 2.24) is 0 Å². The second-order valence-electron chi connectivity index (χ2n) is 3.09. The van der Waals surface area contributed by atoms with Crippen molar-refractivity contribution < 1.29 is 14.7 Å². The first-order valence-electron chi connectivity index (χ1n) is 4.55. The molecule has 0 saturated carbocycles. The van der Waals surface area contributed by atoms with Gasteiger partial charge in [0.25, 0.3) is 0 Å². The van der Waals surface area contributed by atoms with Crippen molar-refractivity contribution in [2.24, 2.45) is 0 Å². The summed E-state index contributed by atoms with van der Waals surface area (Å²) < 4.78 is 0. The molecule has 1 aromatic rings. The summed E-state index contributed by atoms with van der Waals surface area (Å²) in [5, 5.41) is 9.05. The molecule has 1 rings (SSSR count). The van der Waals surface area contributed by atoms with E-state index in [0.717, 1.165) is 5.56 Å². The Morgan fingerprint density at radius 3 is 2.53 bits per heavy atom. The van der Waals surface area contributed by atoms with Crippen LogP contribution in [0.1, 0.15) is 33.2 Å². The van der Waals surface area contributed by atoms with Gasteiger partial charge >= 0.3 is 5.97 Å². The molecule has 4 heteroatoms. The molecule has 1 aromatic carbocycles. The van der Waals surface area contributed by atoms with E-state index >= 15 is 0 Å². The molecule has 0 aliphatic heterocycles. The van der Waals surface area contributed by atoms with E-state index in [-0.39, 0.29) is 16.7 Å². The molecule has 0 spiro atoms. The number of carbonyl (C=O) groups is 2. The van der Waals surface area contributed by atoms with Gasteiger partial charge in [0, 0.05) is 5.56 Å². The highest BCUT2D eigenvalue weighted by Gasteiger charge is 2.11. The molecule has 80 valence electrons. The van der Waals surface area contributed by atoms with Crippen LogP contribution in [0.25, 0.3) is 0 Å². The van der Waals surface area contributed by atoms with Gasteiger partial charge in [-0.2, -0.15) is 0 Å². The summed E-state index contributed by atoms with van der Waals surface area (Å²) in [7, 11) is 0. The molecule has 0 unspecified atom stereocenters. The lowest BCUT2D eigenvalue weighted by Crippen LogP contribution is -2.06. The molecule has 0 aliphatic carbocycles. The Hall–Kier alpha value is -1.16. The topological polar surface area (TPSA) is 54.4 Å². The molecule has 3 nitrogen and oxygen atoms in total. The number of Topliss-reactive ketones (excluding diaryl/α,β-unsaturated/α-hetero) is 1. The zero-order valence-electron chi connectivity index (χ0n) is 8.29. The van der Waals surface area contributed by atoms with Gasteiger partial charge in [0.2, 0.25) is 0 Å². The van der Waals surface area contributed by atoms with Gasteiger partial charge in [-0.3, -0.25) is 4.79 Å². The summed E-state index contributed by atoms with van der Waals surface area (Å²) in [5.41, 5.74) is 1.59. The van der Waals surface area contributed by atoms with Crippen molar-refractivity contribution >= 4 is 27.7 Å². The molecule has 0 saturated heterocycles. The summed E-state index contributed by atoms with van der Waals surface area (Å²) in [5.74, 6) is -0.994. The summed E-state index contributed by atoms with van der Waals surface area (Å²) in [6, 6.07) is 4.58. The fourth-order valence-corrected chi connectivity index (χ4v) is 1.67. The van der Waals surface area contributed by atoms with Crippen LogP contribution < -0.4 is 0 Å². The fourth-order valence-electron chi connectivity index (χ4n) is 1.36. The van der Waals surface area contributed by atoms with Gasteiger partial charge in [-0.15, -0.1) is 0 Å². The summed E-state index contributed by atoms with van der Waals surface area (Å²) in [4.78, 5) is 22.2. The Labute approximate surface area is 96.2 Å². The third kappa shape index (κ3) is 2.65. The van der Waals surface area contributed by atoms with E-state index in [1.807, 2.05) is 6.92 Å². The molecule has 0 amide bonds. The zero-order chi connectivity index (χ0) is 11.4. The summed E-state index contributed by atoms with van der Waals surface area (Å²) in [6.45, 7) is 1.89. The first-order valence-corrected chi connectivity index (χ1v) is 5.67. The number of carbonyl (C=O) groups excluding carboxylic acids is 1. The minimum atomic E-state index is -0.970. The van der Waals surface area contributed by atoms with Crippen molar-refractivity contribution in [3.8, 4) is 0 Å². The monoisotopic (exact) mass is 270 g/mol. The molecular formula is C11H11BrO3. The van der Waals surface area contributed by atoms with E-state index in [1.165, 1.54) is 6.07 Å². The van der Waals surface area contributed by atoms with Gasteiger partial charge in [-0.05, 0) is 24.1 Å². The van der Waals surface area contributed by atoms with Crippen LogP contribution in [0.5, 0.6) is 0 Å².